The van der Waals surface area contributed by atoms with E-state index in [0.29, 0.717) is 38.8 Å². The van der Waals surface area contributed by atoms with E-state index < -0.39 is 15.3 Å². The van der Waals surface area contributed by atoms with Crippen LogP contribution in [0.2, 0.25) is 0 Å². The Labute approximate surface area is 105 Å². The molecule has 1 unspecified atom stereocenters. The largest absolute Gasteiger partial charge is 0.382 e. The summed E-state index contributed by atoms with van der Waals surface area (Å²) in [6, 6.07) is 0.297. The molecular weight excluding hydrogens is 240 g/mol. The molecule has 0 rings (SSSR count). The molecule has 0 spiro atoms. The summed E-state index contributed by atoms with van der Waals surface area (Å²) in [5, 5.41) is 2.70. The minimum atomic E-state index is -3.21. The first-order valence-corrected chi connectivity index (χ1v) is 7.74. The lowest BCUT2D eigenvalue weighted by Crippen LogP contribution is -2.41. The van der Waals surface area contributed by atoms with Gasteiger partial charge in [-0.2, -0.15) is 0 Å². The van der Waals surface area contributed by atoms with Crippen LogP contribution in [0.1, 0.15) is 34.1 Å². The predicted molar refractivity (Wildman–Crippen MR) is 70.6 cm³/mol. The van der Waals surface area contributed by atoms with Gasteiger partial charge in [-0.15, -0.1) is 0 Å². The smallest absolute Gasteiger partial charge is 0.215 e. The zero-order valence-corrected chi connectivity index (χ0v) is 12.1. The molecule has 0 aliphatic heterocycles. The highest BCUT2D eigenvalue weighted by Crippen LogP contribution is 1.97. The Morgan fingerprint density at radius 1 is 1.24 bits per heavy atom. The Kier molecular flexibility index (Phi) is 8.77. The second kappa shape index (κ2) is 8.85. The molecule has 0 aliphatic carbocycles. The number of nitrogens with one attached hydrogen (secondary N) is 2. The number of hydrogen-bond acceptors (Lipinski definition) is 4. The second-order valence-corrected chi connectivity index (χ2v) is 6.55. The van der Waals surface area contributed by atoms with Crippen LogP contribution >= 0.6 is 0 Å². The Morgan fingerprint density at radius 2 is 1.88 bits per heavy atom. The molecule has 17 heavy (non-hydrogen) atoms. The van der Waals surface area contributed by atoms with Crippen LogP contribution < -0.4 is 10.0 Å². The minimum Gasteiger partial charge on any atom is -0.382 e. The maximum atomic E-state index is 11.8. The van der Waals surface area contributed by atoms with Gasteiger partial charge in [-0.1, -0.05) is 13.8 Å². The van der Waals surface area contributed by atoms with Crippen molar-refractivity contribution in [1.29, 1.82) is 0 Å². The van der Waals surface area contributed by atoms with Gasteiger partial charge in [0.05, 0.1) is 5.25 Å². The van der Waals surface area contributed by atoms with E-state index >= 15 is 0 Å². The Hall–Kier alpha value is -0.170. The summed E-state index contributed by atoms with van der Waals surface area (Å²) in [5.41, 5.74) is 0. The summed E-state index contributed by atoms with van der Waals surface area (Å²) in [7, 11) is -3.21. The fraction of sp³-hybridized carbons (Fsp3) is 1.00. The molecule has 104 valence electrons. The SMILES string of the molecule is CCOCCCNS(=O)(=O)C(C)CNC(C)C. The lowest BCUT2D eigenvalue weighted by atomic mass is 10.3. The Bertz CT molecular complexity index is 278. The van der Waals surface area contributed by atoms with Crippen LogP contribution in [0, 0.1) is 0 Å². The van der Waals surface area contributed by atoms with E-state index in [1.165, 1.54) is 0 Å². The van der Waals surface area contributed by atoms with Gasteiger partial charge in [-0.3, -0.25) is 0 Å². The highest BCUT2D eigenvalue weighted by Gasteiger charge is 2.19. The molecule has 0 radical (unpaired) electrons. The van der Waals surface area contributed by atoms with Crippen LogP contribution in [0.4, 0.5) is 0 Å². The molecule has 1 atom stereocenters. The molecule has 2 N–H and O–H groups in total. The minimum absolute atomic E-state index is 0.297. The van der Waals surface area contributed by atoms with Crippen molar-refractivity contribution in [2.75, 3.05) is 26.3 Å². The quantitative estimate of drug-likeness (QED) is 0.572. The molecule has 0 aromatic carbocycles. The van der Waals surface area contributed by atoms with Gasteiger partial charge in [-0.25, -0.2) is 13.1 Å². The first kappa shape index (κ1) is 16.8. The van der Waals surface area contributed by atoms with Crippen LogP contribution in [0.5, 0.6) is 0 Å². The van der Waals surface area contributed by atoms with Gasteiger partial charge in [0.25, 0.3) is 0 Å². The highest BCUT2D eigenvalue weighted by atomic mass is 32.2. The van der Waals surface area contributed by atoms with Gasteiger partial charge >= 0.3 is 0 Å². The van der Waals surface area contributed by atoms with E-state index in [1.807, 2.05) is 20.8 Å². The molecule has 0 saturated heterocycles. The molecule has 0 amide bonds. The lowest BCUT2D eigenvalue weighted by molar-refractivity contribution is 0.146. The van der Waals surface area contributed by atoms with Crippen LogP contribution in [0.25, 0.3) is 0 Å². The van der Waals surface area contributed by atoms with Crippen molar-refractivity contribution >= 4 is 10.0 Å². The average molecular weight is 266 g/mol. The summed E-state index contributed by atoms with van der Waals surface area (Å²) in [4.78, 5) is 0. The molecule has 6 heteroatoms. The Balaban J connectivity index is 3.85. The Morgan fingerprint density at radius 3 is 2.41 bits per heavy atom. The normalized spacial score (nSPS) is 14.2. The van der Waals surface area contributed by atoms with Crippen LogP contribution in [-0.2, 0) is 14.8 Å². The van der Waals surface area contributed by atoms with E-state index in [1.54, 1.807) is 6.92 Å². The van der Waals surface area contributed by atoms with E-state index in [2.05, 4.69) is 10.0 Å². The van der Waals surface area contributed by atoms with Crippen molar-refractivity contribution in [2.45, 2.75) is 45.4 Å². The van der Waals surface area contributed by atoms with Gasteiger partial charge in [0.15, 0.2) is 0 Å². The number of rotatable bonds is 10. The van der Waals surface area contributed by atoms with Crippen LogP contribution in [0.3, 0.4) is 0 Å². The van der Waals surface area contributed by atoms with Crippen LogP contribution in [0.15, 0.2) is 0 Å². The van der Waals surface area contributed by atoms with E-state index in [4.69, 9.17) is 4.74 Å². The maximum Gasteiger partial charge on any atom is 0.215 e. The highest BCUT2D eigenvalue weighted by molar-refractivity contribution is 7.90. The first-order valence-electron chi connectivity index (χ1n) is 6.19. The monoisotopic (exact) mass is 266 g/mol. The molecule has 0 bridgehead atoms. The molecule has 0 fully saturated rings. The summed E-state index contributed by atoms with van der Waals surface area (Å²) in [5.74, 6) is 0. The zero-order chi connectivity index (χ0) is 13.3. The van der Waals surface area contributed by atoms with E-state index in [9.17, 15) is 8.42 Å². The molecule has 0 saturated carbocycles. The summed E-state index contributed by atoms with van der Waals surface area (Å²) in [6.45, 7) is 9.79. The molecule has 0 aromatic rings. The topological polar surface area (TPSA) is 67.4 Å². The van der Waals surface area contributed by atoms with Crippen molar-refractivity contribution in [3.63, 3.8) is 0 Å². The van der Waals surface area contributed by atoms with Crippen LogP contribution in [-0.4, -0.2) is 46.0 Å². The van der Waals surface area contributed by atoms with Crippen molar-refractivity contribution in [1.82, 2.24) is 10.0 Å². The van der Waals surface area contributed by atoms with E-state index in [0.717, 1.165) is 0 Å². The van der Waals surface area contributed by atoms with E-state index in [-0.39, 0.29) is 0 Å². The summed E-state index contributed by atoms with van der Waals surface area (Å²) < 4.78 is 31.3. The summed E-state index contributed by atoms with van der Waals surface area (Å²) >= 11 is 0. The van der Waals surface area contributed by atoms with Gasteiger partial charge in [0.1, 0.15) is 0 Å². The fourth-order valence-corrected chi connectivity index (χ4v) is 2.22. The van der Waals surface area contributed by atoms with Crippen molar-refractivity contribution in [3.05, 3.63) is 0 Å². The van der Waals surface area contributed by atoms with Gasteiger partial charge in [-0.05, 0) is 20.3 Å². The molecule has 0 aliphatic rings. The number of ether oxygens (including phenoxy) is 1. The standard InChI is InChI=1S/C11H26N2O3S/c1-5-16-8-6-7-13-17(14,15)11(4)9-12-10(2)3/h10-13H,5-9H2,1-4H3. The predicted octanol–water partition coefficient (Wildman–Crippen LogP) is 0.719. The van der Waals surface area contributed by atoms with Gasteiger partial charge < -0.3 is 10.1 Å². The first-order chi connectivity index (χ1) is 7.90. The second-order valence-electron chi connectivity index (χ2n) is 4.36. The van der Waals surface area contributed by atoms with Crippen molar-refractivity contribution < 1.29 is 13.2 Å². The number of sulfonamides is 1. The molecular formula is C11H26N2O3S. The van der Waals surface area contributed by atoms with Crippen molar-refractivity contribution in [2.24, 2.45) is 0 Å². The maximum absolute atomic E-state index is 11.8. The molecule has 5 nitrogen and oxygen atoms in total. The van der Waals surface area contributed by atoms with Gasteiger partial charge in [0, 0.05) is 32.3 Å². The van der Waals surface area contributed by atoms with Crippen molar-refractivity contribution in [3.8, 4) is 0 Å². The third-order valence-corrected chi connectivity index (χ3v) is 4.15. The number of hydrogen-bond donors (Lipinski definition) is 2. The summed E-state index contributed by atoms with van der Waals surface area (Å²) in [6.07, 6.45) is 0.706. The molecule has 0 aromatic heterocycles. The van der Waals surface area contributed by atoms with Gasteiger partial charge in [0.2, 0.25) is 10.0 Å². The third kappa shape index (κ3) is 8.54. The lowest BCUT2D eigenvalue weighted by Gasteiger charge is -2.16. The average Bonchev–Trinajstić information content (AvgIpc) is 2.25. The zero-order valence-electron chi connectivity index (χ0n) is 11.3. The molecule has 0 heterocycles. The fourth-order valence-electron chi connectivity index (χ4n) is 1.19. The third-order valence-electron chi connectivity index (χ3n) is 2.32.